The summed E-state index contributed by atoms with van der Waals surface area (Å²) in [5, 5.41) is 3.28. The van der Waals surface area contributed by atoms with Crippen molar-refractivity contribution in [3.05, 3.63) is 27.7 Å². The summed E-state index contributed by atoms with van der Waals surface area (Å²) in [5.74, 6) is 2.35. The maximum absolute atomic E-state index is 12.6. The lowest BCUT2D eigenvalue weighted by molar-refractivity contribution is 0.502. The Hall–Kier alpha value is -0.870. The molecule has 6 heteroatoms. The molecular weight excluding hydrogens is 352 g/mol. The molecule has 1 aromatic rings. The number of aryl methyl sites for hydroxylation is 1. The third-order valence-electron chi connectivity index (χ3n) is 3.04. The second kappa shape index (κ2) is 7.95. The van der Waals surface area contributed by atoms with Gasteiger partial charge in [-0.25, -0.2) is 8.42 Å². The Morgan fingerprint density at radius 3 is 2.67 bits per heavy atom. The van der Waals surface area contributed by atoms with Crippen LogP contribution >= 0.6 is 15.9 Å². The largest absolute Gasteiger partial charge is 0.313 e. The van der Waals surface area contributed by atoms with Crippen molar-refractivity contribution in [3.63, 3.8) is 0 Å². The minimum atomic E-state index is -3.59. The van der Waals surface area contributed by atoms with Crippen molar-refractivity contribution in [1.29, 1.82) is 0 Å². The van der Waals surface area contributed by atoms with E-state index in [4.69, 9.17) is 6.42 Å². The summed E-state index contributed by atoms with van der Waals surface area (Å²) < 4.78 is 26.9. The summed E-state index contributed by atoms with van der Waals surface area (Å²) in [6, 6.07) is 3.68. The van der Waals surface area contributed by atoms with Crippen molar-refractivity contribution in [3.8, 4) is 12.3 Å². The quantitative estimate of drug-likeness (QED) is 0.590. The number of terminal acetylenes is 1. The fraction of sp³-hybridized carbons (Fsp3) is 0.467. The van der Waals surface area contributed by atoms with Crippen molar-refractivity contribution < 1.29 is 8.42 Å². The van der Waals surface area contributed by atoms with Crippen LogP contribution in [-0.4, -0.2) is 32.9 Å². The van der Waals surface area contributed by atoms with E-state index >= 15 is 0 Å². The Balaban J connectivity index is 3.20. The van der Waals surface area contributed by atoms with Gasteiger partial charge in [0.15, 0.2) is 0 Å². The summed E-state index contributed by atoms with van der Waals surface area (Å²) in [5.41, 5.74) is 1.83. The first-order valence-electron chi connectivity index (χ1n) is 6.74. The van der Waals surface area contributed by atoms with Crippen molar-refractivity contribution >= 4 is 26.0 Å². The molecule has 0 saturated heterocycles. The number of sulfonamides is 1. The minimum absolute atomic E-state index is 0.0478. The van der Waals surface area contributed by atoms with Gasteiger partial charge in [0.1, 0.15) is 0 Å². The molecule has 21 heavy (non-hydrogen) atoms. The minimum Gasteiger partial charge on any atom is -0.313 e. The molecule has 0 saturated carbocycles. The number of hydrogen-bond acceptors (Lipinski definition) is 3. The van der Waals surface area contributed by atoms with Gasteiger partial charge in [-0.15, -0.1) is 6.42 Å². The summed E-state index contributed by atoms with van der Waals surface area (Å²) in [4.78, 5) is 0.258. The lowest BCUT2D eigenvalue weighted by Gasteiger charge is -2.18. The van der Waals surface area contributed by atoms with E-state index in [1.54, 1.807) is 6.07 Å². The van der Waals surface area contributed by atoms with Crippen LogP contribution in [0.25, 0.3) is 0 Å². The zero-order valence-corrected chi connectivity index (χ0v) is 15.0. The number of rotatable bonds is 7. The van der Waals surface area contributed by atoms with Crippen LogP contribution < -0.4 is 5.32 Å². The van der Waals surface area contributed by atoms with Crippen molar-refractivity contribution in [2.45, 2.75) is 31.7 Å². The predicted molar refractivity (Wildman–Crippen MR) is 89.5 cm³/mol. The van der Waals surface area contributed by atoms with E-state index in [1.165, 1.54) is 11.4 Å². The monoisotopic (exact) mass is 372 g/mol. The van der Waals surface area contributed by atoms with Crippen molar-refractivity contribution in [2.24, 2.45) is 0 Å². The number of benzene rings is 1. The summed E-state index contributed by atoms with van der Waals surface area (Å²) in [6.07, 6.45) is 6.24. The molecule has 1 aromatic carbocycles. The average Bonchev–Trinajstić information content (AvgIpc) is 2.42. The SMILES string of the molecule is C#CCN(C)S(=O)(=O)c1cc(CNCCC)cc(C)c1Br. The standard InChI is InChI=1S/C15H21BrN2O2S/c1-5-7-17-11-13-9-12(3)15(16)14(10-13)21(19,20)18(4)8-6-2/h2,9-10,17H,5,7-8,11H2,1,3-4H3. The Labute approximate surface area is 136 Å². The third kappa shape index (κ3) is 4.55. The molecule has 0 amide bonds. The van der Waals surface area contributed by atoms with E-state index in [0.717, 1.165) is 24.1 Å². The molecule has 0 fully saturated rings. The molecule has 0 radical (unpaired) electrons. The maximum atomic E-state index is 12.6. The predicted octanol–water partition coefficient (Wildman–Crippen LogP) is 2.51. The van der Waals surface area contributed by atoms with Crippen LogP contribution in [0.4, 0.5) is 0 Å². The molecule has 0 aliphatic carbocycles. The van der Waals surface area contributed by atoms with Gasteiger partial charge in [0, 0.05) is 18.1 Å². The van der Waals surface area contributed by atoms with E-state index in [9.17, 15) is 8.42 Å². The van der Waals surface area contributed by atoms with Gasteiger partial charge in [0.2, 0.25) is 10.0 Å². The molecule has 0 aliphatic heterocycles. The van der Waals surface area contributed by atoms with E-state index in [-0.39, 0.29) is 11.4 Å². The van der Waals surface area contributed by atoms with Gasteiger partial charge in [-0.05, 0) is 53.0 Å². The second-order valence-electron chi connectivity index (χ2n) is 4.87. The highest BCUT2D eigenvalue weighted by Gasteiger charge is 2.24. The van der Waals surface area contributed by atoms with Gasteiger partial charge < -0.3 is 5.32 Å². The highest BCUT2D eigenvalue weighted by Crippen LogP contribution is 2.29. The van der Waals surface area contributed by atoms with Crippen molar-refractivity contribution in [2.75, 3.05) is 20.1 Å². The molecule has 0 aromatic heterocycles. The molecule has 0 spiro atoms. The van der Waals surface area contributed by atoms with Crippen LogP contribution in [0.2, 0.25) is 0 Å². The normalized spacial score (nSPS) is 11.6. The molecule has 0 unspecified atom stereocenters. The lowest BCUT2D eigenvalue weighted by Crippen LogP contribution is -2.28. The summed E-state index contributed by atoms with van der Waals surface area (Å²) in [7, 11) is -2.11. The van der Waals surface area contributed by atoms with E-state index < -0.39 is 10.0 Å². The molecule has 116 valence electrons. The molecule has 4 nitrogen and oxygen atoms in total. The highest BCUT2D eigenvalue weighted by molar-refractivity contribution is 9.10. The van der Waals surface area contributed by atoms with Gasteiger partial charge in [-0.2, -0.15) is 4.31 Å². The van der Waals surface area contributed by atoms with Crippen LogP contribution in [0.3, 0.4) is 0 Å². The molecule has 1 rings (SSSR count). The molecule has 0 heterocycles. The summed E-state index contributed by atoms with van der Waals surface area (Å²) >= 11 is 3.37. The third-order valence-corrected chi connectivity index (χ3v) is 6.18. The lowest BCUT2D eigenvalue weighted by atomic mass is 10.1. The fourth-order valence-corrected chi connectivity index (χ4v) is 4.00. The van der Waals surface area contributed by atoms with Crippen LogP contribution in [0.15, 0.2) is 21.5 Å². The summed E-state index contributed by atoms with van der Waals surface area (Å²) in [6.45, 7) is 5.56. The highest BCUT2D eigenvalue weighted by atomic mass is 79.9. The first-order valence-corrected chi connectivity index (χ1v) is 8.97. The first kappa shape index (κ1) is 18.2. The first-order chi connectivity index (χ1) is 9.84. The Morgan fingerprint density at radius 1 is 1.43 bits per heavy atom. The van der Waals surface area contributed by atoms with Gasteiger partial charge in [0.25, 0.3) is 0 Å². The van der Waals surface area contributed by atoms with Crippen LogP contribution in [0, 0.1) is 19.3 Å². The van der Waals surface area contributed by atoms with Crippen molar-refractivity contribution in [1.82, 2.24) is 9.62 Å². The van der Waals surface area contributed by atoms with Crippen LogP contribution in [0.5, 0.6) is 0 Å². The fourth-order valence-electron chi connectivity index (χ4n) is 1.89. The molecule has 0 aliphatic rings. The van der Waals surface area contributed by atoms with E-state index in [2.05, 4.69) is 34.1 Å². The Kier molecular flexibility index (Phi) is 6.88. The zero-order chi connectivity index (χ0) is 16.0. The van der Waals surface area contributed by atoms with Crippen LogP contribution in [-0.2, 0) is 16.6 Å². The Morgan fingerprint density at radius 2 is 2.10 bits per heavy atom. The number of nitrogens with one attached hydrogen (secondary N) is 1. The smallest absolute Gasteiger partial charge is 0.244 e. The molecule has 0 atom stereocenters. The zero-order valence-electron chi connectivity index (χ0n) is 12.6. The van der Waals surface area contributed by atoms with E-state index in [0.29, 0.717) is 11.0 Å². The van der Waals surface area contributed by atoms with E-state index in [1.807, 2.05) is 13.0 Å². The van der Waals surface area contributed by atoms with Gasteiger partial charge >= 0.3 is 0 Å². The average molecular weight is 373 g/mol. The number of hydrogen-bond donors (Lipinski definition) is 1. The molecular formula is C15H21BrN2O2S. The maximum Gasteiger partial charge on any atom is 0.244 e. The van der Waals surface area contributed by atoms with Gasteiger partial charge in [0.05, 0.1) is 11.4 Å². The van der Waals surface area contributed by atoms with Crippen LogP contribution in [0.1, 0.15) is 24.5 Å². The van der Waals surface area contributed by atoms with Gasteiger partial charge in [-0.1, -0.05) is 18.9 Å². The number of halogens is 1. The second-order valence-corrected chi connectivity index (χ2v) is 7.67. The molecule has 0 bridgehead atoms. The molecule has 1 N–H and O–H groups in total. The Bertz CT molecular complexity index is 636. The topological polar surface area (TPSA) is 49.4 Å². The number of nitrogens with zero attached hydrogens (tertiary/aromatic N) is 1. The van der Waals surface area contributed by atoms with Gasteiger partial charge in [-0.3, -0.25) is 0 Å².